The molecule has 2 aromatic rings. The number of rotatable bonds is 7. The third kappa shape index (κ3) is 3.89. The Bertz CT molecular complexity index is 690. The molecule has 2 heterocycles. The van der Waals surface area contributed by atoms with Crippen LogP contribution in [0, 0.1) is 6.92 Å². The fourth-order valence-corrected chi connectivity index (χ4v) is 3.64. The highest BCUT2D eigenvalue weighted by atomic mass is 16.5. The van der Waals surface area contributed by atoms with Gasteiger partial charge in [0.25, 0.3) is 0 Å². The predicted octanol–water partition coefficient (Wildman–Crippen LogP) is 4.53. The highest BCUT2D eigenvalue weighted by Crippen LogP contribution is 2.26. The second-order valence-corrected chi connectivity index (χ2v) is 6.86. The Kier molecular flexibility index (Phi) is 5.72. The first-order chi connectivity index (χ1) is 11.7. The van der Waals surface area contributed by atoms with Gasteiger partial charge in [-0.3, -0.25) is 4.98 Å². The Morgan fingerprint density at radius 2 is 1.88 bits per heavy atom. The van der Waals surface area contributed by atoms with Crippen LogP contribution >= 0.6 is 0 Å². The highest BCUT2D eigenvalue weighted by Gasteiger charge is 2.11. The molecule has 0 saturated carbocycles. The molecule has 0 radical (unpaired) electrons. The van der Waals surface area contributed by atoms with Crippen LogP contribution in [0.15, 0.2) is 18.2 Å². The molecule has 0 spiro atoms. The first kappa shape index (κ1) is 17.2. The van der Waals surface area contributed by atoms with Crippen LogP contribution in [-0.4, -0.2) is 36.1 Å². The van der Waals surface area contributed by atoms with Crippen molar-refractivity contribution in [2.45, 2.75) is 52.9 Å². The van der Waals surface area contributed by atoms with Crippen LogP contribution in [0.5, 0.6) is 5.75 Å². The van der Waals surface area contributed by atoms with Gasteiger partial charge in [-0.1, -0.05) is 13.8 Å². The molecule has 1 aromatic carbocycles. The summed E-state index contributed by atoms with van der Waals surface area (Å²) in [6, 6.07) is 6.64. The Labute approximate surface area is 146 Å². The lowest BCUT2D eigenvalue weighted by atomic mass is 10.0. The third-order valence-electron chi connectivity index (χ3n) is 5.07. The maximum Gasteiger partial charge on any atom is 0.124 e. The molecular formula is C21H30N2O. The molecule has 0 atom stereocenters. The van der Waals surface area contributed by atoms with Crippen molar-refractivity contribution in [3.63, 3.8) is 0 Å². The highest BCUT2D eigenvalue weighted by molar-refractivity contribution is 5.82. The average Bonchev–Trinajstić information content (AvgIpc) is 3.11. The molecule has 3 nitrogen and oxygen atoms in total. The zero-order valence-corrected chi connectivity index (χ0v) is 15.4. The van der Waals surface area contributed by atoms with E-state index in [9.17, 15) is 0 Å². The minimum Gasteiger partial charge on any atom is -0.493 e. The van der Waals surface area contributed by atoms with Gasteiger partial charge in [0, 0.05) is 23.7 Å². The normalized spacial score (nSPS) is 15.3. The average molecular weight is 326 g/mol. The minimum atomic E-state index is 0.788. The monoisotopic (exact) mass is 326 g/mol. The van der Waals surface area contributed by atoms with E-state index in [4.69, 9.17) is 9.72 Å². The van der Waals surface area contributed by atoms with Crippen LogP contribution in [0.1, 0.15) is 49.9 Å². The van der Waals surface area contributed by atoms with Gasteiger partial charge in [-0.25, -0.2) is 0 Å². The first-order valence-corrected chi connectivity index (χ1v) is 9.49. The molecule has 0 aliphatic carbocycles. The van der Waals surface area contributed by atoms with E-state index in [0.29, 0.717) is 0 Å². The van der Waals surface area contributed by atoms with Crippen LogP contribution in [0.25, 0.3) is 10.9 Å². The van der Waals surface area contributed by atoms with E-state index in [1.165, 1.54) is 48.1 Å². The number of fused-ring (bicyclic) bond motifs is 1. The number of hydrogen-bond donors (Lipinski definition) is 0. The number of benzene rings is 1. The molecule has 0 bridgehead atoms. The SMILES string of the molecule is CCc1cc2cc(C)c(OCCCN3CCCC3)cc2nc1CC. The summed E-state index contributed by atoms with van der Waals surface area (Å²) in [5.41, 5.74) is 4.85. The van der Waals surface area contributed by atoms with Crippen molar-refractivity contribution in [3.05, 3.63) is 35.0 Å². The maximum atomic E-state index is 6.07. The molecule has 24 heavy (non-hydrogen) atoms. The lowest BCUT2D eigenvalue weighted by Gasteiger charge is -2.16. The molecule has 1 aliphatic heterocycles. The van der Waals surface area contributed by atoms with Crippen LogP contribution in [0.4, 0.5) is 0 Å². The van der Waals surface area contributed by atoms with E-state index in [0.717, 1.165) is 43.7 Å². The van der Waals surface area contributed by atoms with E-state index in [-0.39, 0.29) is 0 Å². The van der Waals surface area contributed by atoms with Gasteiger partial charge in [0.15, 0.2) is 0 Å². The predicted molar refractivity (Wildman–Crippen MR) is 101 cm³/mol. The van der Waals surface area contributed by atoms with Crippen molar-refractivity contribution in [1.29, 1.82) is 0 Å². The van der Waals surface area contributed by atoms with Crippen molar-refractivity contribution >= 4 is 10.9 Å². The second-order valence-electron chi connectivity index (χ2n) is 6.86. The van der Waals surface area contributed by atoms with Crippen LogP contribution in [0.2, 0.25) is 0 Å². The van der Waals surface area contributed by atoms with Gasteiger partial charge in [0.2, 0.25) is 0 Å². The Morgan fingerprint density at radius 3 is 2.58 bits per heavy atom. The molecule has 130 valence electrons. The number of hydrogen-bond acceptors (Lipinski definition) is 3. The van der Waals surface area contributed by atoms with Crippen molar-refractivity contribution in [2.75, 3.05) is 26.2 Å². The second kappa shape index (κ2) is 7.98. The summed E-state index contributed by atoms with van der Waals surface area (Å²) in [6.45, 7) is 11.0. The summed E-state index contributed by atoms with van der Waals surface area (Å²) in [6.07, 6.45) is 5.84. The number of ether oxygens (including phenoxy) is 1. The topological polar surface area (TPSA) is 25.4 Å². The maximum absolute atomic E-state index is 6.07. The number of aryl methyl sites for hydroxylation is 3. The van der Waals surface area contributed by atoms with Gasteiger partial charge >= 0.3 is 0 Å². The summed E-state index contributed by atoms with van der Waals surface area (Å²) < 4.78 is 6.07. The zero-order chi connectivity index (χ0) is 16.9. The van der Waals surface area contributed by atoms with Gasteiger partial charge in [-0.2, -0.15) is 0 Å². The Balaban J connectivity index is 1.69. The molecule has 3 heteroatoms. The lowest BCUT2D eigenvalue weighted by Crippen LogP contribution is -2.21. The summed E-state index contributed by atoms with van der Waals surface area (Å²) >= 11 is 0. The standard InChI is InChI=1S/C21H30N2O/c1-4-17-14-18-13-16(3)21(15-20(18)22-19(17)5-2)24-12-8-11-23-9-6-7-10-23/h13-15H,4-12H2,1-3H3. The molecule has 3 rings (SSSR count). The molecule has 1 aromatic heterocycles. The van der Waals surface area contributed by atoms with E-state index in [1.54, 1.807) is 0 Å². The van der Waals surface area contributed by atoms with E-state index in [1.807, 2.05) is 0 Å². The van der Waals surface area contributed by atoms with Gasteiger partial charge in [-0.05, 0) is 75.4 Å². The van der Waals surface area contributed by atoms with Crippen LogP contribution in [0.3, 0.4) is 0 Å². The number of pyridine rings is 1. The van der Waals surface area contributed by atoms with E-state index in [2.05, 4.69) is 43.9 Å². The van der Waals surface area contributed by atoms with Gasteiger partial charge < -0.3 is 9.64 Å². The zero-order valence-electron chi connectivity index (χ0n) is 15.4. The smallest absolute Gasteiger partial charge is 0.124 e. The van der Waals surface area contributed by atoms with Crippen molar-refractivity contribution in [1.82, 2.24) is 9.88 Å². The first-order valence-electron chi connectivity index (χ1n) is 9.49. The molecule has 1 fully saturated rings. The number of likely N-dealkylation sites (tertiary alicyclic amines) is 1. The number of aromatic nitrogens is 1. The van der Waals surface area contributed by atoms with Crippen molar-refractivity contribution in [2.24, 2.45) is 0 Å². The van der Waals surface area contributed by atoms with Crippen molar-refractivity contribution < 1.29 is 4.74 Å². The quantitative estimate of drug-likeness (QED) is 0.699. The van der Waals surface area contributed by atoms with Crippen LogP contribution in [-0.2, 0) is 12.8 Å². The summed E-state index contributed by atoms with van der Waals surface area (Å²) in [5, 5.41) is 1.23. The molecule has 0 amide bonds. The fourth-order valence-electron chi connectivity index (χ4n) is 3.64. The molecule has 0 N–H and O–H groups in total. The Hall–Kier alpha value is -1.61. The van der Waals surface area contributed by atoms with Crippen molar-refractivity contribution in [3.8, 4) is 5.75 Å². The Morgan fingerprint density at radius 1 is 1.08 bits per heavy atom. The minimum absolute atomic E-state index is 0.788. The van der Waals surface area contributed by atoms with Gasteiger partial charge in [-0.15, -0.1) is 0 Å². The van der Waals surface area contributed by atoms with E-state index >= 15 is 0 Å². The van der Waals surface area contributed by atoms with Gasteiger partial charge in [0.05, 0.1) is 12.1 Å². The largest absolute Gasteiger partial charge is 0.493 e. The third-order valence-corrected chi connectivity index (χ3v) is 5.07. The van der Waals surface area contributed by atoms with E-state index < -0.39 is 0 Å². The summed E-state index contributed by atoms with van der Waals surface area (Å²) in [7, 11) is 0. The fraction of sp³-hybridized carbons (Fsp3) is 0.571. The molecule has 1 saturated heterocycles. The molecular weight excluding hydrogens is 296 g/mol. The van der Waals surface area contributed by atoms with Crippen LogP contribution < -0.4 is 4.74 Å². The summed E-state index contributed by atoms with van der Waals surface area (Å²) in [5.74, 6) is 0.989. The lowest BCUT2D eigenvalue weighted by molar-refractivity contribution is 0.262. The molecule has 1 aliphatic rings. The number of nitrogens with zero attached hydrogens (tertiary/aromatic N) is 2. The molecule has 0 unspecified atom stereocenters. The summed E-state index contributed by atoms with van der Waals surface area (Å²) in [4.78, 5) is 7.41. The van der Waals surface area contributed by atoms with Gasteiger partial charge in [0.1, 0.15) is 5.75 Å².